The van der Waals surface area contributed by atoms with Gasteiger partial charge in [0.05, 0.1) is 24.0 Å². The zero-order chi connectivity index (χ0) is 19.6. The van der Waals surface area contributed by atoms with Gasteiger partial charge in [0, 0.05) is 12.0 Å². The van der Waals surface area contributed by atoms with Crippen molar-refractivity contribution >= 4 is 23.3 Å². The van der Waals surface area contributed by atoms with Gasteiger partial charge in [-0.25, -0.2) is 4.68 Å². The topological polar surface area (TPSA) is 67.2 Å². The summed E-state index contributed by atoms with van der Waals surface area (Å²) in [5, 5.41) is 7.44. The SMILES string of the molecule is C#CCN1C(=O)C2(CC(=O)Nc3c2cnn3C(C)(C)C)c2cccc(C)c21. The Morgan fingerprint density at radius 2 is 2.04 bits per heavy atom. The molecule has 4 rings (SSSR count). The van der Waals surface area contributed by atoms with Crippen molar-refractivity contribution in [1.29, 1.82) is 0 Å². The smallest absolute Gasteiger partial charge is 0.243 e. The van der Waals surface area contributed by atoms with Gasteiger partial charge in [0.2, 0.25) is 11.8 Å². The second-order valence-corrected chi connectivity index (χ2v) is 8.19. The number of benzene rings is 1. The number of carbonyl (C=O) groups excluding carboxylic acids is 2. The van der Waals surface area contributed by atoms with E-state index in [1.54, 1.807) is 15.8 Å². The van der Waals surface area contributed by atoms with Crippen molar-refractivity contribution in [2.75, 3.05) is 16.8 Å². The van der Waals surface area contributed by atoms with Gasteiger partial charge >= 0.3 is 0 Å². The second kappa shape index (κ2) is 5.46. The standard InChI is InChI=1S/C21H22N4O2/c1-6-10-24-17-13(2)8-7-9-14(17)21(19(24)27)11-16(26)23-18-15(21)12-22-25(18)20(3,4)5/h1,7-9,12H,10-11H2,2-5H3,(H,23,26). The average Bonchev–Trinajstić information content (AvgIpc) is 3.10. The maximum atomic E-state index is 13.7. The third-order valence-electron chi connectivity index (χ3n) is 5.38. The molecule has 2 aromatic rings. The number of anilines is 2. The van der Waals surface area contributed by atoms with Crippen LogP contribution in [0.1, 0.15) is 43.9 Å². The average molecular weight is 362 g/mol. The number of hydrogen-bond donors (Lipinski definition) is 1. The van der Waals surface area contributed by atoms with Gasteiger partial charge in [-0.3, -0.25) is 14.5 Å². The van der Waals surface area contributed by atoms with E-state index in [1.165, 1.54) is 0 Å². The van der Waals surface area contributed by atoms with E-state index in [9.17, 15) is 9.59 Å². The van der Waals surface area contributed by atoms with Crippen LogP contribution in [0.5, 0.6) is 0 Å². The first kappa shape index (κ1) is 17.3. The minimum absolute atomic E-state index is 0.0478. The Morgan fingerprint density at radius 3 is 2.70 bits per heavy atom. The molecule has 1 spiro atoms. The van der Waals surface area contributed by atoms with Gasteiger partial charge in [-0.05, 0) is 38.8 Å². The fourth-order valence-electron chi connectivity index (χ4n) is 4.28. The molecule has 2 amide bonds. The minimum atomic E-state index is -1.08. The van der Waals surface area contributed by atoms with Gasteiger partial charge in [0.15, 0.2) is 0 Å². The molecule has 2 aliphatic rings. The van der Waals surface area contributed by atoms with Crippen LogP contribution >= 0.6 is 0 Å². The van der Waals surface area contributed by atoms with Gasteiger partial charge in [-0.15, -0.1) is 6.42 Å². The van der Waals surface area contributed by atoms with Gasteiger partial charge < -0.3 is 5.32 Å². The summed E-state index contributed by atoms with van der Waals surface area (Å²) in [7, 11) is 0. The van der Waals surface area contributed by atoms with E-state index in [2.05, 4.69) is 16.3 Å². The number of nitrogens with one attached hydrogen (secondary N) is 1. The second-order valence-electron chi connectivity index (χ2n) is 8.19. The number of fused-ring (bicyclic) bond motifs is 4. The number of rotatable bonds is 1. The van der Waals surface area contributed by atoms with Crippen LogP contribution in [0.2, 0.25) is 0 Å². The summed E-state index contributed by atoms with van der Waals surface area (Å²) in [4.78, 5) is 28.0. The summed E-state index contributed by atoms with van der Waals surface area (Å²) in [5.41, 5.74) is 1.91. The predicted molar refractivity (Wildman–Crippen MR) is 104 cm³/mol. The van der Waals surface area contributed by atoms with Crippen molar-refractivity contribution < 1.29 is 9.59 Å². The lowest BCUT2D eigenvalue weighted by Crippen LogP contribution is -2.47. The van der Waals surface area contributed by atoms with Crippen molar-refractivity contribution in [3.05, 3.63) is 41.1 Å². The highest BCUT2D eigenvalue weighted by Gasteiger charge is 2.57. The van der Waals surface area contributed by atoms with Crippen molar-refractivity contribution in [2.24, 2.45) is 0 Å². The maximum absolute atomic E-state index is 13.7. The Balaban J connectivity index is 2.05. The molecule has 138 valence electrons. The molecule has 6 heteroatoms. The molecule has 1 N–H and O–H groups in total. The number of aromatic nitrogens is 2. The van der Waals surface area contributed by atoms with Crippen LogP contribution in [0.15, 0.2) is 24.4 Å². The summed E-state index contributed by atoms with van der Waals surface area (Å²) < 4.78 is 1.77. The van der Waals surface area contributed by atoms with E-state index in [1.807, 2.05) is 45.9 Å². The first-order chi connectivity index (χ1) is 12.7. The molecule has 2 aliphatic heterocycles. The van der Waals surface area contributed by atoms with E-state index in [0.29, 0.717) is 5.82 Å². The molecule has 0 aliphatic carbocycles. The lowest BCUT2D eigenvalue weighted by Gasteiger charge is -2.33. The zero-order valence-corrected chi connectivity index (χ0v) is 16.0. The number of carbonyl (C=O) groups is 2. The Labute approximate surface area is 158 Å². The predicted octanol–water partition coefficient (Wildman–Crippen LogP) is 2.55. The van der Waals surface area contributed by atoms with Crippen LogP contribution in [0.25, 0.3) is 0 Å². The molecule has 1 aromatic heterocycles. The summed E-state index contributed by atoms with van der Waals surface area (Å²) in [5.74, 6) is 2.81. The van der Waals surface area contributed by atoms with E-state index < -0.39 is 5.41 Å². The molecule has 0 bridgehead atoms. The van der Waals surface area contributed by atoms with Crippen molar-refractivity contribution in [2.45, 2.75) is 45.1 Å². The fraction of sp³-hybridized carbons (Fsp3) is 0.381. The Morgan fingerprint density at radius 1 is 1.30 bits per heavy atom. The first-order valence-electron chi connectivity index (χ1n) is 8.96. The molecule has 0 saturated heterocycles. The molecule has 0 radical (unpaired) electrons. The molecule has 0 fully saturated rings. The lowest BCUT2D eigenvalue weighted by molar-refractivity contribution is -0.126. The minimum Gasteiger partial charge on any atom is -0.311 e. The highest BCUT2D eigenvalue weighted by molar-refractivity contribution is 6.16. The Bertz CT molecular complexity index is 1020. The van der Waals surface area contributed by atoms with Gasteiger partial charge in [0.25, 0.3) is 0 Å². The summed E-state index contributed by atoms with van der Waals surface area (Å²) in [6, 6.07) is 5.80. The zero-order valence-electron chi connectivity index (χ0n) is 16.0. The number of terminal acetylenes is 1. The molecule has 1 atom stereocenters. The fourth-order valence-corrected chi connectivity index (χ4v) is 4.28. The molecule has 27 heavy (non-hydrogen) atoms. The number of para-hydroxylation sites is 1. The van der Waals surface area contributed by atoms with Crippen LogP contribution in [0, 0.1) is 19.3 Å². The van der Waals surface area contributed by atoms with Gasteiger partial charge in [0.1, 0.15) is 11.2 Å². The van der Waals surface area contributed by atoms with Gasteiger partial charge in [-0.2, -0.15) is 5.10 Å². The molecular formula is C21H22N4O2. The summed E-state index contributed by atoms with van der Waals surface area (Å²) >= 11 is 0. The quantitative estimate of drug-likeness (QED) is 0.793. The highest BCUT2D eigenvalue weighted by Crippen LogP contribution is 2.53. The van der Waals surface area contributed by atoms with Crippen LogP contribution in [0.4, 0.5) is 11.5 Å². The van der Waals surface area contributed by atoms with Crippen molar-refractivity contribution in [1.82, 2.24) is 9.78 Å². The van der Waals surface area contributed by atoms with E-state index in [-0.39, 0.29) is 30.3 Å². The Kier molecular flexibility index (Phi) is 3.51. The molecule has 1 unspecified atom stereocenters. The molecule has 0 saturated carbocycles. The van der Waals surface area contributed by atoms with Crippen LogP contribution in [0.3, 0.4) is 0 Å². The largest absolute Gasteiger partial charge is 0.311 e. The van der Waals surface area contributed by atoms with Crippen LogP contribution in [-0.2, 0) is 20.5 Å². The molecule has 3 heterocycles. The van der Waals surface area contributed by atoms with E-state index in [0.717, 1.165) is 22.4 Å². The monoisotopic (exact) mass is 362 g/mol. The normalized spacial score (nSPS) is 21.1. The number of hydrogen-bond acceptors (Lipinski definition) is 3. The first-order valence-corrected chi connectivity index (χ1v) is 8.96. The Hall–Kier alpha value is -3.07. The van der Waals surface area contributed by atoms with Crippen molar-refractivity contribution in [3.8, 4) is 12.3 Å². The molecule has 6 nitrogen and oxygen atoms in total. The number of nitrogens with zero attached hydrogens (tertiary/aromatic N) is 3. The van der Waals surface area contributed by atoms with E-state index >= 15 is 0 Å². The third kappa shape index (κ3) is 2.18. The molecular weight excluding hydrogens is 340 g/mol. The van der Waals surface area contributed by atoms with Gasteiger partial charge in [-0.1, -0.05) is 24.1 Å². The maximum Gasteiger partial charge on any atom is 0.243 e. The lowest BCUT2D eigenvalue weighted by atomic mass is 9.71. The summed E-state index contributed by atoms with van der Waals surface area (Å²) in [6.45, 7) is 8.15. The molecule has 1 aromatic carbocycles. The number of amides is 2. The van der Waals surface area contributed by atoms with Crippen molar-refractivity contribution in [3.63, 3.8) is 0 Å². The number of aryl methyl sites for hydroxylation is 1. The third-order valence-corrected chi connectivity index (χ3v) is 5.38. The summed E-state index contributed by atoms with van der Waals surface area (Å²) in [6.07, 6.45) is 7.30. The highest BCUT2D eigenvalue weighted by atomic mass is 16.2. The van der Waals surface area contributed by atoms with Crippen LogP contribution in [-0.4, -0.2) is 28.1 Å². The van der Waals surface area contributed by atoms with E-state index in [4.69, 9.17) is 6.42 Å². The van der Waals surface area contributed by atoms with Crippen LogP contribution < -0.4 is 10.2 Å².